The number of likely N-dealkylation sites (tertiary alicyclic amines) is 1. The number of methoxy groups -OCH3 is 1. The molecule has 1 saturated heterocycles. The molecule has 0 radical (unpaired) electrons. The van der Waals surface area contributed by atoms with Gasteiger partial charge in [0.2, 0.25) is 0 Å². The summed E-state index contributed by atoms with van der Waals surface area (Å²) >= 11 is 0. The highest BCUT2D eigenvalue weighted by molar-refractivity contribution is 5.92. The van der Waals surface area contributed by atoms with Gasteiger partial charge >= 0.3 is 0 Å². The summed E-state index contributed by atoms with van der Waals surface area (Å²) in [5, 5.41) is 10.6. The molecular formula is C15H20F2N2O3. The van der Waals surface area contributed by atoms with E-state index in [1.54, 1.807) is 7.11 Å². The van der Waals surface area contributed by atoms with Gasteiger partial charge in [0.15, 0.2) is 11.5 Å². The predicted octanol–water partition coefficient (Wildman–Crippen LogP) is 1.61. The number of nitrogens with zero attached hydrogens (tertiary/aromatic N) is 2. The van der Waals surface area contributed by atoms with Crippen LogP contribution in [-0.2, 0) is 4.74 Å². The van der Waals surface area contributed by atoms with Crippen LogP contribution in [0, 0.1) is 17.6 Å². The molecule has 1 aromatic heterocycles. The normalized spacial score (nSPS) is 25.3. The lowest BCUT2D eigenvalue weighted by atomic mass is 9.80. The lowest BCUT2D eigenvalue weighted by molar-refractivity contribution is -0.0751. The minimum Gasteiger partial charge on any atom is -0.389 e. The highest BCUT2D eigenvalue weighted by Gasteiger charge is 2.40. The molecule has 2 atom stereocenters. The summed E-state index contributed by atoms with van der Waals surface area (Å²) in [6.45, 7) is 2.85. The van der Waals surface area contributed by atoms with Crippen molar-refractivity contribution in [2.24, 2.45) is 5.92 Å². The van der Waals surface area contributed by atoms with Crippen molar-refractivity contribution >= 4 is 5.91 Å². The number of aliphatic hydroxyl groups is 1. The van der Waals surface area contributed by atoms with Gasteiger partial charge in [-0.3, -0.25) is 4.79 Å². The maximum atomic E-state index is 13.7. The second-order valence-corrected chi connectivity index (χ2v) is 5.73. The molecule has 0 aromatic carbocycles. The summed E-state index contributed by atoms with van der Waals surface area (Å²) in [6, 6.07) is 0.641. The number of ether oxygens (including phenoxy) is 1. The number of halogens is 2. The van der Waals surface area contributed by atoms with Crippen molar-refractivity contribution in [1.29, 1.82) is 0 Å². The largest absolute Gasteiger partial charge is 0.389 e. The van der Waals surface area contributed by atoms with Gasteiger partial charge < -0.3 is 14.7 Å². The van der Waals surface area contributed by atoms with Gasteiger partial charge in [-0.15, -0.1) is 0 Å². The van der Waals surface area contributed by atoms with Gasteiger partial charge in [-0.1, -0.05) is 6.92 Å². The van der Waals surface area contributed by atoms with E-state index in [-0.39, 0.29) is 12.5 Å². The lowest BCUT2D eigenvalue weighted by Gasteiger charge is -2.43. The Hall–Kier alpha value is -1.60. The Morgan fingerprint density at radius 2 is 2.32 bits per heavy atom. The summed E-state index contributed by atoms with van der Waals surface area (Å²) in [5.74, 6) is -2.56. The molecule has 1 aliphatic heterocycles. The minimum atomic E-state index is -0.974. The highest BCUT2D eigenvalue weighted by atomic mass is 19.1. The molecule has 5 nitrogen and oxygen atoms in total. The fourth-order valence-electron chi connectivity index (χ4n) is 2.72. The van der Waals surface area contributed by atoms with Crippen LogP contribution in [0.1, 0.15) is 30.3 Å². The Bertz CT molecular complexity index is 556. The third kappa shape index (κ3) is 3.41. The van der Waals surface area contributed by atoms with Crippen LogP contribution in [0.15, 0.2) is 12.3 Å². The molecule has 0 unspecified atom stereocenters. The topological polar surface area (TPSA) is 62.7 Å². The Morgan fingerprint density at radius 1 is 1.59 bits per heavy atom. The average Bonchev–Trinajstić information content (AvgIpc) is 2.47. The van der Waals surface area contributed by atoms with Gasteiger partial charge in [0, 0.05) is 38.8 Å². The number of hydrogen-bond donors (Lipinski definition) is 1. The summed E-state index contributed by atoms with van der Waals surface area (Å²) < 4.78 is 31.5. The molecule has 2 rings (SSSR count). The van der Waals surface area contributed by atoms with Gasteiger partial charge in [-0.25, -0.2) is 13.8 Å². The molecule has 122 valence electrons. The van der Waals surface area contributed by atoms with Gasteiger partial charge in [-0.05, 0) is 12.8 Å². The van der Waals surface area contributed by atoms with Gasteiger partial charge in [0.1, 0.15) is 5.82 Å². The van der Waals surface area contributed by atoms with E-state index in [1.807, 2.05) is 6.92 Å². The van der Waals surface area contributed by atoms with E-state index < -0.39 is 28.8 Å². The molecule has 1 amide bonds. The smallest absolute Gasteiger partial charge is 0.275 e. The van der Waals surface area contributed by atoms with E-state index in [0.717, 1.165) is 6.20 Å². The third-order valence-corrected chi connectivity index (χ3v) is 4.26. The van der Waals surface area contributed by atoms with Gasteiger partial charge in [-0.2, -0.15) is 0 Å². The van der Waals surface area contributed by atoms with Gasteiger partial charge in [0.05, 0.1) is 11.8 Å². The number of rotatable bonds is 4. The maximum absolute atomic E-state index is 13.7. The molecule has 1 fully saturated rings. The Kier molecular flexibility index (Phi) is 5.08. The van der Waals surface area contributed by atoms with E-state index >= 15 is 0 Å². The number of piperidine rings is 1. The van der Waals surface area contributed by atoms with Crippen molar-refractivity contribution in [2.75, 3.05) is 26.8 Å². The maximum Gasteiger partial charge on any atom is 0.275 e. The van der Waals surface area contributed by atoms with E-state index in [0.29, 0.717) is 32.1 Å². The van der Waals surface area contributed by atoms with Crippen molar-refractivity contribution < 1.29 is 23.4 Å². The molecule has 1 aliphatic rings. The van der Waals surface area contributed by atoms with Crippen molar-refractivity contribution in [3.8, 4) is 0 Å². The molecule has 0 bridgehead atoms. The van der Waals surface area contributed by atoms with Crippen molar-refractivity contribution in [3.63, 3.8) is 0 Å². The number of aromatic nitrogens is 1. The van der Waals surface area contributed by atoms with E-state index in [1.165, 1.54) is 4.90 Å². The minimum absolute atomic E-state index is 0.177. The third-order valence-electron chi connectivity index (χ3n) is 4.26. The molecule has 7 heteroatoms. The van der Waals surface area contributed by atoms with Crippen molar-refractivity contribution in [2.45, 2.75) is 25.4 Å². The van der Waals surface area contributed by atoms with Crippen LogP contribution < -0.4 is 0 Å². The van der Waals surface area contributed by atoms with Crippen LogP contribution in [0.3, 0.4) is 0 Å². The molecule has 22 heavy (non-hydrogen) atoms. The number of amides is 1. The zero-order valence-corrected chi connectivity index (χ0v) is 12.7. The number of carbonyl (C=O) groups excluding carboxylic acids is 1. The summed E-state index contributed by atoms with van der Waals surface area (Å²) in [4.78, 5) is 17.3. The first-order chi connectivity index (χ1) is 10.4. The molecule has 2 heterocycles. The quantitative estimate of drug-likeness (QED) is 0.917. The second-order valence-electron chi connectivity index (χ2n) is 5.73. The number of pyridine rings is 1. The summed E-state index contributed by atoms with van der Waals surface area (Å²) in [7, 11) is 1.57. The molecule has 0 aliphatic carbocycles. The highest BCUT2D eigenvalue weighted by Crippen LogP contribution is 2.31. The van der Waals surface area contributed by atoms with Crippen LogP contribution in [0.4, 0.5) is 8.78 Å². The first-order valence-electron chi connectivity index (χ1n) is 7.19. The predicted molar refractivity (Wildman–Crippen MR) is 75.3 cm³/mol. The molecular weight excluding hydrogens is 294 g/mol. The molecule has 1 aromatic rings. The van der Waals surface area contributed by atoms with Crippen LogP contribution in [-0.4, -0.2) is 53.3 Å². The zero-order chi connectivity index (χ0) is 16.3. The number of carbonyl (C=O) groups is 1. The van der Waals surface area contributed by atoms with E-state index in [2.05, 4.69) is 4.98 Å². The zero-order valence-electron chi connectivity index (χ0n) is 12.7. The monoisotopic (exact) mass is 314 g/mol. The first kappa shape index (κ1) is 16.8. The van der Waals surface area contributed by atoms with E-state index in [9.17, 15) is 18.7 Å². The Balaban J connectivity index is 2.08. The van der Waals surface area contributed by atoms with Crippen LogP contribution in [0.5, 0.6) is 0 Å². The molecule has 0 spiro atoms. The van der Waals surface area contributed by atoms with Crippen LogP contribution in [0.2, 0.25) is 0 Å². The van der Waals surface area contributed by atoms with Crippen molar-refractivity contribution in [3.05, 3.63) is 29.6 Å². The molecule has 1 N–H and O–H groups in total. The fourth-order valence-corrected chi connectivity index (χ4v) is 2.72. The van der Waals surface area contributed by atoms with Crippen LogP contribution >= 0.6 is 0 Å². The SMILES string of the molecule is COCC[C@@]1(O)CCN(C(=O)c2ncc(F)cc2F)C[C@@H]1C. The van der Waals surface area contributed by atoms with Crippen molar-refractivity contribution in [1.82, 2.24) is 9.88 Å². The average molecular weight is 314 g/mol. The van der Waals surface area contributed by atoms with E-state index in [4.69, 9.17) is 4.74 Å². The standard InChI is InChI=1S/C15H20F2N2O3/c1-10-9-19(5-3-15(10,21)4-6-22-2)14(20)13-12(17)7-11(16)8-18-13/h7-8,10,21H,3-6,9H2,1-2H3/t10-,15-/m0/s1. The van der Waals surface area contributed by atoms with Gasteiger partial charge in [0.25, 0.3) is 5.91 Å². The van der Waals surface area contributed by atoms with Crippen LogP contribution in [0.25, 0.3) is 0 Å². The molecule has 0 saturated carbocycles. The first-order valence-corrected chi connectivity index (χ1v) is 7.19. The summed E-state index contributed by atoms with van der Waals surface area (Å²) in [6.07, 6.45) is 1.68. The number of hydrogen-bond acceptors (Lipinski definition) is 4. The fraction of sp³-hybridized carbons (Fsp3) is 0.600. The Morgan fingerprint density at radius 3 is 2.91 bits per heavy atom. The summed E-state index contributed by atoms with van der Waals surface area (Å²) in [5.41, 5.74) is -1.29. The lowest BCUT2D eigenvalue weighted by Crippen LogP contribution is -2.53. The second kappa shape index (κ2) is 6.66. The Labute approximate surface area is 127 Å².